The van der Waals surface area contributed by atoms with Gasteiger partial charge in [0.25, 0.3) is 5.91 Å². The number of methoxy groups -OCH3 is 1. The fourth-order valence-electron chi connectivity index (χ4n) is 4.10. The van der Waals surface area contributed by atoms with Crippen molar-refractivity contribution in [1.29, 1.82) is 0 Å². The van der Waals surface area contributed by atoms with E-state index >= 15 is 0 Å². The van der Waals surface area contributed by atoms with Gasteiger partial charge in [0.1, 0.15) is 11.4 Å². The second-order valence-corrected chi connectivity index (χ2v) is 8.90. The summed E-state index contributed by atoms with van der Waals surface area (Å²) in [5.74, 6) is 0.373. The van der Waals surface area contributed by atoms with Gasteiger partial charge in [-0.05, 0) is 41.7 Å². The number of H-pyrrole nitrogens is 1. The van der Waals surface area contributed by atoms with Gasteiger partial charge in [-0.2, -0.15) is 5.10 Å². The van der Waals surface area contributed by atoms with Crippen molar-refractivity contribution in [2.75, 3.05) is 20.3 Å². The Morgan fingerprint density at radius 2 is 1.90 bits per heavy atom. The highest BCUT2D eigenvalue weighted by Crippen LogP contribution is 2.44. The van der Waals surface area contributed by atoms with Crippen LogP contribution in [0, 0.1) is 0 Å². The standard InChI is InChI=1S/C24H25Cl2N3O2/c1-14(2)15-5-7-16(8-6-15)23-20-21(18-10-9-17(25)13-19(18)26)27-28-22(20)24(30)29(23)11-4-12-31-3/h5-10,13-14,23H,4,11-12H2,1-3H3,(H,27,28). The highest BCUT2D eigenvalue weighted by Gasteiger charge is 2.42. The van der Waals surface area contributed by atoms with E-state index in [9.17, 15) is 4.79 Å². The van der Waals surface area contributed by atoms with Crippen LogP contribution in [0.2, 0.25) is 10.0 Å². The molecule has 1 amide bonds. The number of nitrogens with one attached hydrogen (secondary N) is 1. The maximum absolute atomic E-state index is 13.3. The number of halogens is 2. The molecule has 2 heterocycles. The number of fused-ring (bicyclic) bond motifs is 1. The zero-order chi connectivity index (χ0) is 22.1. The van der Waals surface area contributed by atoms with Crippen molar-refractivity contribution in [2.24, 2.45) is 0 Å². The van der Waals surface area contributed by atoms with Gasteiger partial charge in [-0.15, -0.1) is 0 Å². The number of amides is 1. The molecule has 31 heavy (non-hydrogen) atoms. The van der Waals surface area contributed by atoms with Crippen molar-refractivity contribution in [3.05, 3.63) is 74.9 Å². The second kappa shape index (κ2) is 9.03. The first-order valence-corrected chi connectivity index (χ1v) is 11.1. The number of rotatable bonds is 7. The number of aromatic nitrogens is 2. The predicted molar refractivity (Wildman–Crippen MR) is 124 cm³/mol. The number of ether oxygens (including phenoxy) is 1. The number of nitrogens with zero attached hydrogens (tertiary/aromatic N) is 2. The van der Waals surface area contributed by atoms with Gasteiger partial charge in [-0.25, -0.2) is 0 Å². The van der Waals surface area contributed by atoms with Gasteiger partial charge in [0.2, 0.25) is 0 Å². The van der Waals surface area contributed by atoms with Crippen molar-refractivity contribution in [3.63, 3.8) is 0 Å². The molecule has 0 bridgehead atoms. The van der Waals surface area contributed by atoms with E-state index in [-0.39, 0.29) is 11.9 Å². The third-order valence-corrected chi connectivity index (χ3v) is 6.26. The number of carbonyl (C=O) groups excluding carboxylic acids is 1. The van der Waals surface area contributed by atoms with Crippen molar-refractivity contribution in [3.8, 4) is 11.3 Å². The third-order valence-electron chi connectivity index (χ3n) is 5.72. The van der Waals surface area contributed by atoms with E-state index in [1.165, 1.54) is 5.56 Å². The maximum atomic E-state index is 13.3. The summed E-state index contributed by atoms with van der Waals surface area (Å²) in [5.41, 5.74) is 5.09. The quantitative estimate of drug-likeness (QED) is 0.436. The molecule has 1 unspecified atom stereocenters. The van der Waals surface area contributed by atoms with Crippen LogP contribution >= 0.6 is 23.2 Å². The number of benzene rings is 2. The highest BCUT2D eigenvalue weighted by atomic mass is 35.5. The molecule has 1 N–H and O–H groups in total. The molecule has 0 aliphatic carbocycles. The van der Waals surface area contributed by atoms with Crippen LogP contribution in [0.3, 0.4) is 0 Å². The van der Waals surface area contributed by atoms with Crippen LogP contribution in [0.5, 0.6) is 0 Å². The molecule has 4 rings (SSSR count). The minimum Gasteiger partial charge on any atom is -0.385 e. The van der Waals surface area contributed by atoms with E-state index in [2.05, 4.69) is 48.3 Å². The van der Waals surface area contributed by atoms with Crippen molar-refractivity contribution >= 4 is 29.1 Å². The number of hydrogen-bond donors (Lipinski definition) is 1. The van der Waals surface area contributed by atoms with E-state index < -0.39 is 0 Å². The van der Waals surface area contributed by atoms with Crippen molar-refractivity contribution in [1.82, 2.24) is 15.1 Å². The van der Waals surface area contributed by atoms with E-state index in [0.29, 0.717) is 40.5 Å². The predicted octanol–water partition coefficient (Wildman–Crippen LogP) is 6.09. The molecular formula is C24H25Cl2N3O2. The van der Waals surface area contributed by atoms with Gasteiger partial charge in [-0.1, -0.05) is 61.3 Å². The van der Waals surface area contributed by atoms with Crippen LogP contribution in [-0.4, -0.2) is 41.3 Å². The smallest absolute Gasteiger partial charge is 0.273 e. The fourth-order valence-corrected chi connectivity index (χ4v) is 4.60. The second-order valence-electron chi connectivity index (χ2n) is 8.05. The fraction of sp³-hybridized carbons (Fsp3) is 0.333. The zero-order valence-corrected chi connectivity index (χ0v) is 19.3. The van der Waals surface area contributed by atoms with Gasteiger partial charge >= 0.3 is 0 Å². The van der Waals surface area contributed by atoms with Gasteiger partial charge in [-0.3, -0.25) is 9.89 Å². The Balaban J connectivity index is 1.82. The van der Waals surface area contributed by atoms with Gasteiger partial charge in [0, 0.05) is 36.4 Å². The average Bonchev–Trinajstić information content (AvgIpc) is 3.28. The summed E-state index contributed by atoms with van der Waals surface area (Å²) in [5, 5.41) is 8.49. The Morgan fingerprint density at radius 3 is 2.55 bits per heavy atom. The maximum Gasteiger partial charge on any atom is 0.273 e. The summed E-state index contributed by atoms with van der Waals surface area (Å²) >= 11 is 12.6. The molecule has 1 aliphatic heterocycles. The summed E-state index contributed by atoms with van der Waals surface area (Å²) in [6.45, 7) is 5.50. The van der Waals surface area contributed by atoms with Crippen LogP contribution in [-0.2, 0) is 4.74 Å². The van der Waals surface area contributed by atoms with E-state index in [1.807, 2.05) is 11.0 Å². The Morgan fingerprint density at radius 1 is 1.16 bits per heavy atom. The van der Waals surface area contributed by atoms with Gasteiger partial charge in [0.05, 0.1) is 11.1 Å². The summed E-state index contributed by atoms with van der Waals surface area (Å²) in [7, 11) is 1.67. The first-order chi connectivity index (χ1) is 14.9. The number of carbonyl (C=O) groups is 1. The van der Waals surface area contributed by atoms with Crippen molar-refractivity contribution < 1.29 is 9.53 Å². The number of aromatic amines is 1. The van der Waals surface area contributed by atoms with Crippen LogP contribution < -0.4 is 0 Å². The normalized spacial score (nSPS) is 15.7. The minimum absolute atomic E-state index is 0.0622. The molecule has 0 radical (unpaired) electrons. The molecule has 2 aromatic carbocycles. The summed E-state index contributed by atoms with van der Waals surface area (Å²) in [6, 6.07) is 13.5. The Bertz CT molecular complexity index is 1090. The lowest BCUT2D eigenvalue weighted by Gasteiger charge is -2.26. The molecule has 5 nitrogen and oxygen atoms in total. The molecule has 1 atom stereocenters. The first kappa shape index (κ1) is 21.9. The molecular weight excluding hydrogens is 433 g/mol. The van der Waals surface area contributed by atoms with E-state index in [1.54, 1.807) is 19.2 Å². The first-order valence-electron chi connectivity index (χ1n) is 10.4. The van der Waals surface area contributed by atoms with Crippen molar-refractivity contribution in [2.45, 2.75) is 32.2 Å². The highest BCUT2D eigenvalue weighted by molar-refractivity contribution is 6.36. The molecule has 0 saturated carbocycles. The minimum atomic E-state index is -0.249. The largest absolute Gasteiger partial charge is 0.385 e. The SMILES string of the molecule is COCCCN1C(=O)c2[nH]nc(-c3ccc(Cl)cc3Cl)c2C1c1ccc(C(C)C)cc1. The molecule has 3 aromatic rings. The topological polar surface area (TPSA) is 58.2 Å². The number of hydrogen-bond acceptors (Lipinski definition) is 3. The average molecular weight is 458 g/mol. The Hall–Kier alpha value is -2.34. The Labute approximate surface area is 192 Å². The zero-order valence-electron chi connectivity index (χ0n) is 17.8. The molecule has 7 heteroatoms. The van der Waals surface area contributed by atoms with Crippen LogP contribution in [0.1, 0.15) is 59.4 Å². The molecule has 0 fully saturated rings. The molecule has 0 saturated heterocycles. The molecule has 1 aliphatic rings. The van der Waals surface area contributed by atoms with Crippen LogP contribution in [0.4, 0.5) is 0 Å². The summed E-state index contributed by atoms with van der Waals surface area (Å²) in [6.07, 6.45) is 0.748. The van der Waals surface area contributed by atoms with Gasteiger partial charge in [0.15, 0.2) is 0 Å². The lowest BCUT2D eigenvalue weighted by molar-refractivity contribution is 0.0723. The molecule has 1 aromatic heterocycles. The lowest BCUT2D eigenvalue weighted by atomic mass is 9.93. The lowest BCUT2D eigenvalue weighted by Crippen LogP contribution is -2.31. The van der Waals surface area contributed by atoms with Gasteiger partial charge < -0.3 is 9.64 Å². The van der Waals surface area contributed by atoms with Crippen LogP contribution in [0.25, 0.3) is 11.3 Å². The molecule has 0 spiro atoms. The van der Waals surface area contributed by atoms with E-state index in [0.717, 1.165) is 23.1 Å². The van der Waals surface area contributed by atoms with Crippen LogP contribution in [0.15, 0.2) is 42.5 Å². The van der Waals surface area contributed by atoms with E-state index in [4.69, 9.17) is 27.9 Å². The Kier molecular flexibility index (Phi) is 6.37. The third kappa shape index (κ3) is 4.10. The molecule has 162 valence electrons. The monoisotopic (exact) mass is 457 g/mol. The summed E-state index contributed by atoms with van der Waals surface area (Å²) < 4.78 is 5.21. The summed E-state index contributed by atoms with van der Waals surface area (Å²) in [4.78, 5) is 15.2.